The van der Waals surface area contributed by atoms with Crippen molar-refractivity contribution in [1.82, 2.24) is 15.5 Å². The first kappa shape index (κ1) is 14.3. The van der Waals surface area contributed by atoms with Crippen molar-refractivity contribution in [3.8, 4) is 0 Å². The number of hydrogen-bond donors (Lipinski definition) is 2. The first-order valence-corrected chi connectivity index (χ1v) is 7.02. The van der Waals surface area contributed by atoms with Crippen molar-refractivity contribution in [2.45, 2.75) is 39.8 Å². The summed E-state index contributed by atoms with van der Waals surface area (Å²) in [5.41, 5.74) is 0. The molecule has 0 spiro atoms. The van der Waals surface area contributed by atoms with Crippen LogP contribution in [-0.2, 0) is 6.54 Å². The van der Waals surface area contributed by atoms with Crippen LogP contribution in [0.25, 0.3) is 0 Å². The molecular formula is C13H24N4O2. The van der Waals surface area contributed by atoms with Crippen LogP contribution in [-0.4, -0.2) is 41.0 Å². The standard InChI is InChI=1S/C13H24N4O2/c1-9(2)6-14-7-12-15-16-13(19-12)17-5-4-11(18)10(3)8-17/h9-11,14,18H,4-8H2,1-3H3. The third-order valence-corrected chi connectivity index (χ3v) is 3.42. The highest BCUT2D eigenvalue weighted by molar-refractivity contribution is 5.25. The van der Waals surface area contributed by atoms with E-state index in [0.717, 1.165) is 26.1 Å². The summed E-state index contributed by atoms with van der Waals surface area (Å²) in [6.07, 6.45) is 0.538. The predicted octanol–water partition coefficient (Wildman–Crippen LogP) is 1.02. The number of nitrogens with one attached hydrogen (secondary N) is 1. The Morgan fingerprint density at radius 3 is 2.95 bits per heavy atom. The maximum atomic E-state index is 9.71. The van der Waals surface area contributed by atoms with Crippen molar-refractivity contribution >= 4 is 6.01 Å². The summed E-state index contributed by atoms with van der Waals surface area (Å²) in [5, 5.41) is 21.1. The van der Waals surface area contributed by atoms with Gasteiger partial charge in [0.1, 0.15) is 0 Å². The molecule has 2 heterocycles. The summed E-state index contributed by atoms with van der Waals surface area (Å²) >= 11 is 0. The SMILES string of the molecule is CC(C)CNCc1nnc(N2CCC(O)C(C)C2)o1. The summed E-state index contributed by atoms with van der Waals surface area (Å²) < 4.78 is 5.65. The predicted molar refractivity (Wildman–Crippen MR) is 72.8 cm³/mol. The van der Waals surface area contributed by atoms with E-state index in [1.165, 1.54) is 0 Å². The molecule has 0 radical (unpaired) electrons. The number of aromatic nitrogens is 2. The van der Waals surface area contributed by atoms with Crippen molar-refractivity contribution in [1.29, 1.82) is 0 Å². The van der Waals surface area contributed by atoms with Crippen LogP contribution in [0, 0.1) is 11.8 Å². The van der Waals surface area contributed by atoms with Gasteiger partial charge in [0.15, 0.2) is 0 Å². The fourth-order valence-electron chi connectivity index (χ4n) is 2.22. The van der Waals surface area contributed by atoms with E-state index >= 15 is 0 Å². The molecule has 1 aromatic rings. The second kappa shape index (κ2) is 6.34. The molecular weight excluding hydrogens is 244 g/mol. The van der Waals surface area contributed by atoms with Crippen molar-refractivity contribution in [2.24, 2.45) is 11.8 Å². The fourth-order valence-corrected chi connectivity index (χ4v) is 2.22. The van der Waals surface area contributed by atoms with Gasteiger partial charge in [-0.25, -0.2) is 0 Å². The monoisotopic (exact) mass is 268 g/mol. The molecule has 108 valence electrons. The smallest absolute Gasteiger partial charge is 0.318 e. The maximum absolute atomic E-state index is 9.71. The van der Waals surface area contributed by atoms with E-state index in [1.807, 2.05) is 6.92 Å². The van der Waals surface area contributed by atoms with Gasteiger partial charge in [-0.05, 0) is 24.8 Å². The van der Waals surface area contributed by atoms with Crippen LogP contribution in [0.1, 0.15) is 33.1 Å². The number of anilines is 1. The van der Waals surface area contributed by atoms with Gasteiger partial charge in [0, 0.05) is 13.1 Å². The van der Waals surface area contributed by atoms with Gasteiger partial charge in [-0.1, -0.05) is 25.9 Å². The Labute approximate surface area is 114 Å². The largest absolute Gasteiger partial charge is 0.407 e. The van der Waals surface area contributed by atoms with Crippen LogP contribution in [0.2, 0.25) is 0 Å². The van der Waals surface area contributed by atoms with Gasteiger partial charge in [0.25, 0.3) is 0 Å². The van der Waals surface area contributed by atoms with E-state index in [0.29, 0.717) is 24.4 Å². The normalized spacial score (nSPS) is 24.2. The lowest BCUT2D eigenvalue weighted by atomic mass is 9.97. The molecule has 6 heteroatoms. The number of piperidine rings is 1. The van der Waals surface area contributed by atoms with Gasteiger partial charge in [-0.3, -0.25) is 0 Å². The van der Waals surface area contributed by atoms with Gasteiger partial charge in [-0.15, -0.1) is 5.10 Å². The summed E-state index contributed by atoms with van der Waals surface area (Å²) in [6.45, 7) is 9.44. The topological polar surface area (TPSA) is 74.4 Å². The van der Waals surface area contributed by atoms with Crippen LogP contribution in [0.3, 0.4) is 0 Å². The molecule has 2 N–H and O–H groups in total. The number of aliphatic hydroxyl groups is 1. The van der Waals surface area contributed by atoms with Crippen LogP contribution >= 0.6 is 0 Å². The molecule has 1 aliphatic heterocycles. The maximum Gasteiger partial charge on any atom is 0.318 e. The summed E-state index contributed by atoms with van der Waals surface area (Å²) in [5.74, 6) is 1.46. The van der Waals surface area contributed by atoms with Crippen LogP contribution in [0.15, 0.2) is 4.42 Å². The van der Waals surface area contributed by atoms with Crippen molar-refractivity contribution in [3.05, 3.63) is 5.89 Å². The Hall–Kier alpha value is -1.14. The minimum Gasteiger partial charge on any atom is -0.407 e. The average molecular weight is 268 g/mol. The first-order chi connectivity index (χ1) is 9.06. The lowest BCUT2D eigenvalue weighted by Crippen LogP contribution is -2.42. The highest BCUT2D eigenvalue weighted by atomic mass is 16.4. The van der Waals surface area contributed by atoms with E-state index in [-0.39, 0.29) is 12.0 Å². The minimum absolute atomic E-state index is 0.216. The molecule has 1 fully saturated rings. The average Bonchev–Trinajstić information content (AvgIpc) is 2.81. The zero-order valence-corrected chi connectivity index (χ0v) is 12.0. The quantitative estimate of drug-likeness (QED) is 0.830. The second-order valence-corrected chi connectivity index (χ2v) is 5.78. The van der Waals surface area contributed by atoms with Crippen molar-refractivity contribution < 1.29 is 9.52 Å². The number of aliphatic hydroxyl groups excluding tert-OH is 1. The Morgan fingerprint density at radius 1 is 1.47 bits per heavy atom. The number of nitrogens with zero attached hydrogens (tertiary/aromatic N) is 3. The molecule has 6 nitrogen and oxygen atoms in total. The van der Waals surface area contributed by atoms with Crippen LogP contribution < -0.4 is 10.2 Å². The summed E-state index contributed by atoms with van der Waals surface area (Å²) in [7, 11) is 0. The third kappa shape index (κ3) is 3.91. The highest BCUT2D eigenvalue weighted by Crippen LogP contribution is 2.22. The lowest BCUT2D eigenvalue weighted by Gasteiger charge is -2.32. The van der Waals surface area contributed by atoms with Gasteiger partial charge in [-0.2, -0.15) is 0 Å². The van der Waals surface area contributed by atoms with Crippen LogP contribution in [0.4, 0.5) is 6.01 Å². The highest BCUT2D eigenvalue weighted by Gasteiger charge is 2.27. The van der Waals surface area contributed by atoms with E-state index < -0.39 is 0 Å². The van der Waals surface area contributed by atoms with Gasteiger partial charge < -0.3 is 19.7 Å². The molecule has 1 aromatic heterocycles. The molecule has 2 rings (SSSR count). The van der Waals surface area contributed by atoms with Crippen molar-refractivity contribution in [2.75, 3.05) is 24.5 Å². The molecule has 2 unspecified atom stereocenters. The second-order valence-electron chi connectivity index (χ2n) is 5.78. The molecule has 2 atom stereocenters. The number of hydrogen-bond acceptors (Lipinski definition) is 6. The zero-order chi connectivity index (χ0) is 13.8. The van der Waals surface area contributed by atoms with E-state index in [4.69, 9.17) is 4.42 Å². The fraction of sp³-hybridized carbons (Fsp3) is 0.846. The first-order valence-electron chi connectivity index (χ1n) is 7.02. The number of rotatable bonds is 5. The molecule has 0 aromatic carbocycles. The Bertz CT molecular complexity index is 394. The summed E-state index contributed by atoms with van der Waals surface area (Å²) in [6, 6.07) is 0.570. The summed E-state index contributed by atoms with van der Waals surface area (Å²) in [4.78, 5) is 2.05. The lowest BCUT2D eigenvalue weighted by molar-refractivity contribution is 0.0955. The zero-order valence-electron chi connectivity index (χ0n) is 12.0. The van der Waals surface area contributed by atoms with Gasteiger partial charge >= 0.3 is 6.01 Å². The molecule has 1 aliphatic rings. The van der Waals surface area contributed by atoms with Crippen LogP contribution in [0.5, 0.6) is 0 Å². The Balaban J connectivity index is 1.86. The van der Waals surface area contributed by atoms with Gasteiger partial charge in [0.05, 0.1) is 12.6 Å². The van der Waals surface area contributed by atoms with Crippen molar-refractivity contribution in [3.63, 3.8) is 0 Å². The molecule has 0 bridgehead atoms. The van der Waals surface area contributed by atoms with E-state index in [2.05, 4.69) is 34.3 Å². The molecule has 0 aliphatic carbocycles. The van der Waals surface area contributed by atoms with E-state index in [9.17, 15) is 5.11 Å². The molecule has 0 saturated carbocycles. The van der Waals surface area contributed by atoms with Gasteiger partial charge in [0.2, 0.25) is 5.89 Å². The Morgan fingerprint density at radius 2 is 2.26 bits per heavy atom. The Kier molecular flexibility index (Phi) is 4.76. The molecule has 19 heavy (non-hydrogen) atoms. The third-order valence-electron chi connectivity index (χ3n) is 3.42. The molecule has 1 saturated heterocycles. The molecule has 0 amide bonds. The minimum atomic E-state index is -0.216. The van der Waals surface area contributed by atoms with E-state index in [1.54, 1.807) is 0 Å².